The summed E-state index contributed by atoms with van der Waals surface area (Å²) in [6.45, 7) is 6.29. The molecular formula is C27H27N3O5. The van der Waals surface area contributed by atoms with E-state index in [0.717, 1.165) is 33.6 Å². The fourth-order valence-electron chi connectivity index (χ4n) is 6.22. The quantitative estimate of drug-likeness (QED) is 0.358. The Morgan fingerprint density at radius 1 is 1.06 bits per heavy atom. The second kappa shape index (κ2) is 8.16. The number of hydrogen-bond donors (Lipinski definition) is 1. The summed E-state index contributed by atoms with van der Waals surface area (Å²) in [5, 5.41) is 27.8. The maximum atomic E-state index is 12.1. The van der Waals surface area contributed by atoms with Gasteiger partial charge in [0, 0.05) is 41.1 Å². The van der Waals surface area contributed by atoms with Crippen molar-refractivity contribution in [3.8, 4) is 5.75 Å². The molecule has 0 bridgehead atoms. The summed E-state index contributed by atoms with van der Waals surface area (Å²) in [4.78, 5) is 23.2. The third kappa shape index (κ3) is 3.65. The molecule has 35 heavy (non-hydrogen) atoms. The Morgan fingerprint density at radius 2 is 1.71 bits per heavy atom. The van der Waals surface area contributed by atoms with Crippen molar-refractivity contribution >= 4 is 16.9 Å². The van der Waals surface area contributed by atoms with Gasteiger partial charge in [-0.05, 0) is 56.0 Å². The Hall–Kier alpha value is -3.78. The van der Waals surface area contributed by atoms with Crippen LogP contribution in [0.5, 0.6) is 5.75 Å². The lowest BCUT2D eigenvalue weighted by atomic mass is 9.63. The molecule has 3 atom stereocenters. The molecule has 0 saturated heterocycles. The number of hydrogen-bond acceptors (Lipinski definition) is 6. The van der Waals surface area contributed by atoms with Crippen LogP contribution in [0.1, 0.15) is 43.4 Å². The molecule has 0 radical (unpaired) electrons. The lowest BCUT2D eigenvalue weighted by molar-refractivity contribution is -0.395. The van der Waals surface area contributed by atoms with Gasteiger partial charge in [0.1, 0.15) is 11.3 Å². The standard InChI is InChI=1S/C27H27N3O5/c1-15-14-27(2,3)28-19-12-11-17-24-16(7-5-10-22(24)35-4)13-18(25(17)23(15)19)26-20(29(31)32)8-6-9-21(26)30(33)34/h5-12,14,18-19,23,28H,13H2,1-4H3. The zero-order chi connectivity index (χ0) is 25.1. The molecule has 180 valence electrons. The van der Waals surface area contributed by atoms with Gasteiger partial charge in [0.25, 0.3) is 11.4 Å². The highest BCUT2D eigenvalue weighted by atomic mass is 16.6. The number of rotatable bonds is 4. The van der Waals surface area contributed by atoms with Gasteiger partial charge in [-0.2, -0.15) is 0 Å². The SMILES string of the molecule is COc1cccc2c1C1=C(C(c3c([N+](=O)[O-])cccc3[N+](=O)[O-])C2)C2C(C)=CC(C)(C)NC2C=C1. The molecular weight excluding hydrogens is 446 g/mol. The molecule has 1 N–H and O–H groups in total. The van der Waals surface area contributed by atoms with E-state index >= 15 is 0 Å². The number of nitro groups is 2. The molecule has 2 aromatic rings. The summed E-state index contributed by atoms with van der Waals surface area (Å²) in [6, 6.07) is 9.85. The van der Waals surface area contributed by atoms with Crippen LogP contribution in [0.2, 0.25) is 0 Å². The largest absolute Gasteiger partial charge is 0.496 e. The van der Waals surface area contributed by atoms with Crippen molar-refractivity contribution in [3.05, 3.63) is 103 Å². The predicted octanol–water partition coefficient (Wildman–Crippen LogP) is 5.49. The second-order valence-electron chi connectivity index (χ2n) is 9.96. The van der Waals surface area contributed by atoms with E-state index in [1.54, 1.807) is 7.11 Å². The van der Waals surface area contributed by atoms with Crippen LogP contribution in [0.25, 0.3) is 5.57 Å². The number of nitrogens with one attached hydrogen (secondary N) is 1. The maximum absolute atomic E-state index is 12.1. The molecule has 0 spiro atoms. The number of allylic oxidation sites excluding steroid dienone is 2. The summed E-state index contributed by atoms with van der Waals surface area (Å²) >= 11 is 0. The normalized spacial score (nSPS) is 24.1. The highest BCUT2D eigenvalue weighted by Gasteiger charge is 2.45. The highest BCUT2D eigenvalue weighted by Crippen LogP contribution is 2.54. The first-order chi connectivity index (χ1) is 16.6. The summed E-state index contributed by atoms with van der Waals surface area (Å²) in [5.41, 5.74) is 4.43. The van der Waals surface area contributed by atoms with Crippen molar-refractivity contribution in [1.82, 2.24) is 5.32 Å². The van der Waals surface area contributed by atoms with Crippen molar-refractivity contribution < 1.29 is 14.6 Å². The van der Waals surface area contributed by atoms with E-state index in [2.05, 4.69) is 38.2 Å². The van der Waals surface area contributed by atoms with Crippen molar-refractivity contribution in [3.63, 3.8) is 0 Å². The van der Waals surface area contributed by atoms with Crippen LogP contribution in [0.3, 0.4) is 0 Å². The van der Waals surface area contributed by atoms with E-state index in [1.165, 1.54) is 18.2 Å². The van der Waals surface area contributed by atoms with Gasteiger partial charge in [-0.15, -0.1) is 0 Å². The fourth-order valence-corrected chi connectivity index (χ4v) is 6.22. The van der Waals surface area contributed by atoms with Crippen LogP contribution in [0.15, 0.2) is 65.8 Å². The number of nitrogens with zero attached hydrogens (tertiary/aromatic N) is 2. The summed E-state index contributed by atoms with van der Waals surface area (Å²) in [7, 11) is 1.62. The lowest BCUT2D eigenvalue weighted by Gasteiger charge is -2.46. The summed E-state index contributed by atoms with van der Waals surface area (Å²) in [6.07, 6.45) is 6.77. The van der Waals surface area contributed by atoms with Crippen LogP contribution in [-0.4, -0.2) is 28.5 Å². The Morgan fingerprint density at radius 3 is 2.34 bits per heavy atom. The van der Waals surface area contributed by atoms with Crippen LogP contribution < -0.4 is 10.1 Å². The molecule has 0 saturated carbocycles. The van der Waals surface area contributed by atoms with Gasteiger partial charge in [-0.1, -0.05) is 35.9 Å². The van der Waals surface area contributed by atoms with E-state index in [1.807, 2.05) is 24.3 Å². The van der Waals surface area contributed by atoms with Gasteiger partial charge in [-0.3, -0.25) is 20.2 Å². The highest BCUT2D eigenvalue weighted by molar-refractivity contribution is 5.87. The van der Waals surface area contributed by atoms with Crippen molar-refractivity contribution in [2.45, 2.75) is 44.7 Å². The van der Waals surface area contributed by atoms with Crippen LogP contribution in [0.4, 0.5) is 11.4 Å². The fraction of sp³-hybridized carbons (Fsp3) is 0.333. The van der Waals surface area contributed by atoms with E-state index < -0.39 is 15.8 Å². The zero-order valence-corrected chi connectivity index (χ0v) is 20.1. The average Bonchev–Trinajstić information content (AvgIpc) is 2.81. The zero-order valence-electron chi connectivity index (χ0n) is 20.1. The molecule has 2 aromatic carbocycles. The van der Waals surface area contributed by atoms with Crippen LogP contribution in [-0.2, 0) is 6.42 Å². The molecule has 5 rings (SSSR count). The first-order valence-electron chi connectivity index (χ1n) is 11.6. The number of ether oxygens (including phenoxy) is 1. The van der Waals surface area contributed by atoms with Crippen LogP contribution >= 0.6 is 0 Å². The van der Waals surface area contributed by atoms with Gasteiger partial charge in [0.05, 0.1) is 17.0 Å². The van der Waals surface area contributed by atoms with E-state index in [9.17, 15) is 20.2 Å². The lowest BCUT2D eigenvalue weighted by Crippen LogP contribution is -2.53. The first kappa shape index (κ1) is 23.0. The third-order valence-electron chi connectivity index (χ3n) is 7.30. The van der Waals surface area contributed by atoms with Crippen molar-refractivity contribution in [2.75, 3.05) is 7.11 Å². The summed E-state index contributed by atoms with van der Waals surface area (Å²) in [5.74, 6) is 0.0975. The Labute approximate surface area is 203 Å². The Kier molecular flexibility index (Phi) is 5.36. The number of methoxy groups -OCH3 is 1. The second-order valence-corrected chi connectivity index (χ2v) is 9.96. The number of nitro benzene ring substituents is 2. The molecule has 2 aliphatic carbocycles. The van der Waals surface area contributed by atoms with Gasteiger partial charge >= 0.3 is 0 Å². The van der Waals surface area contributed by atoms with Crippen molar-refractivity contribution in [1.29, 1.82) is 0 Å². The third-order valence-corrected chi connectivity index (χ3v) is 7.30. The average molecular weight is 474 g/mol. The van der Waals surface area contributed by atoms with Gasteiger partial charge in [-0.25, -0.2) is 0 Å². The number of fused-ring (bicyclic) bond motifs is 4. The van der Waals surface area contributed by atoms with E-state index in [-0.39, 0.29) is 34.4 Å². The van der Waals surface area contributed by atoms with Gasteiger partial charge in [0.2, 0.25) is 0 Å². The molecule has 1 aliphatic heterocycles. The minimum Gasteiger partial charge on any atom is -0.496 e. The van der Waals surface area contributed by atoms with E-state index in [0.29, 0.717) is 6.42 Å². The molecule has 0 aromatic heterocycles. The van der Waals surface area contributed by atoms with Gasteiger partial charge < -0.3 is 10.1 Å². The van der Waals surface area contributed by atoms with Crippen LogP contribution in [0, 0.1) is 26.1 Å². The van der Waals surface area contributed by atoms with Crippen molar-refractivity contribution in [2.24, 2.45) is 5.92 Å². The van der Waals surface area contributed by atoms with Gasteiger partial charge in [0.15, 0.2) is 0 Å². The Balaban J connectivity index is 1.85. The van der Waals surface area contributed by atoms with E-state index in [4.69, 9.17) is 4.74 Å². The molecule has 0 amide bonds. The molecule has 3 unspecified atom stereocenters. The summed E-state index contributed by atoms with van der Waals surface area (Å²) < 4.78 is 5.71. The minimum atomic E-state index is -0.532. The Bertz CT molecular complexity index is 1320. The monoisotopic (exact) mass is 473 g/mol. The molecule has 8 nitrogen and oxygen atoms in total. The topological polar surface area (TPSA) is 108 Å². The molecule has 0 fully saturated rings. The molecule has 8 heteroatoms. The molecule has 1 heterocycles. The maximum Gasteiger partial charge on any atom is 0.280 e. The minimum absolute atomic E-state index is 0.0330. The molecule has 3 aliphatic rings. The predicted molar refractivity (Wildman–Crippen MR) is 133 cm³/mol. The first-order valence-corrected chi connectivity index (χ1v) is 11.6. The smallest absolute Gasteiger partial charge is 0.280 e. The number of benzene rings is 2.